The fourth-order valence-electron chi connectivity index (χ4n) is 2.28. The second-order valence-corrected chi connectivity index (χ2v) is 6.69. The SMILES string of the molecule is COc1cccc(C(CO)NCc2csc(-c3ccsc3)n2)c1. The van der Waals surface area contributed by atoms with Crippen LogP contribution in [0.15, 0.2) is 46.5 Å². The van der Waals surface area contributed by atoms with Gasteiger partial charge in [-0.15, -0.1) is 11.3 Å². The van der Waals surface area contributed by atoms with Gasteiger partial charge in [0, 0.05) is 22.9 Å². The smallest absolute Gasteiger partial charge is 0.124 e. The maximum atomic E-state index is 9.66. The number of hydrogen-bond donors (Lipinski definition) is 2. The summed E-state index contributed by atoms with van der Waals surface area (Å²) in [7, 11) is 1.64. The molecule has 3 aromatic rings. The third-order valence-electron chi connectivity index (χ3n) is 3.53. The van der Waals surface area contributed by atoms with Crippen molar-refractivity contribution in [3.05, 3.63) is 57.7 Å². The van der Waals surface area contributed by atoms with Gasteiger partial charge in [0.25, 0.3) is 0 Å². The molecule has 0 spiro atoms. The molecule has 2 N–H and O–H groups in total. The van der Waals surface area contributed by atoms with Crippen molar-refractivity contribution in [3.63, 3.8) is 0 Å². The number of benzene rings is 1. The molecule has 2 aromatic heterocycles. The standard InChI is InChI=1S/C17H18N2O2S2/c1-21-15-4-2-3-12(7-15)16(9-20)18-8-14-11-23-17(19-14)13-5-6-22-10-13/h2-7,10-11,16,18,20H,8-9H2,1H3. The van der Waals surface area contributed by atoms with Gasteiger partial charge in [-0.2, -0.15) is 11.3 Å². The first-order valence-electron chi connectivity index (χ1n) is 7.25. The minimum atomic E-state index is -0.142. The normalized spacial score (nSPS) is 12.3. The van der Waals surface area contributed by atoms with E-state index in [4.69, 9.17) is 4.74 Å². The van der Waals surface area contributed by atoms with Gasteiger partial charge in [0.2, 0.25) is 0 Å². The van der Waals surface area contributed by atoms with Crippen LogP contribution in [0.2, 0.25) is 0 Å². The lowest BCUT2D eigenvalue weighted by atomic mass is 10.1. The molecule has 120 valence electrons. The third-order valence-corrected chi connectivity index (χ3v) is 5.15. The Morgan fingerprint density at radius 2 is 2.22 bits per heavy atom. The lowest BCUT2D eigenvalue weighted by Gasteiger charge is -2.16. The average molecular weight is 346 g/mol. The number of methoxy groups -OCH3 is 1. The number of nitrogens with zero attached hydrogens (tertiary/aromatic N) is 1. The van der Waals surface area contributed by atoms with Crippen LogP contribution in [0.4, 0.5) is 0 Å². The molecule has 23 heavy (non-hydrogen) atoms. The highest BCUT2D eigenvalue weighted by Gasteiger charge is 2.12. The Bertz CT molecular complexity index is 741. The van der Waals surface area contributed by atoms with Crippen molar-refractivity contribution in [2.24, 2.45) is 0 Å². The third kappa shape index (κ3) is 3.97. The second kappa shape index (κ2) is 7.70. The Kier molecular flexibility index (Phi) is 5.40. The summed E-state index contributed by atoms with van der Waals surface area (Å²) < 4.78 is 5.24. The summed E-state index contributed by atoms with van der Waals surface area (Å²) in [6, 6.07) is 9.67. The molecule has 4 nitrogen and oxygen atoms in total. The Morgan fingerprint density at radius 1 is 1.30 bits per heavy atom. The number of thiophene rings is 1. The van der Waals surface area contributed by atoms with Crippen LogP contribution in [0.1, 0.15) is 17.3 Å². The van der Waals surface area contributed by atoms with E-state index in [1.54, 1.807) is 29.8 Å². The zero-order valence-corrected chi connectivity index (χ0v) is 14.4. The number of nitrogens with one attached hydrogen (secondary N) is 1. The van der Waals surface area contributed by atoms with E-state index in [9.17, 15) is 5.11 Å². The number of hydrogen-bond acceptors (Lipinski definition) is 6. The number of aromatic nitrogens is 1. The zero-order valence-electron chi connectivity index (χ0n) is 12.7. The van der Waals surface area contributed by atoms with E-state index < -0.39 is 0 Å². The molecule has 0 bridgehead atoms. The van der Waals surface area contributed by atoms with E-state index in [1.165, 1.54) is 0 Å². The largest absolute Gasteiger partial charge is 0.497 e. The molecule has 1 atom stereocenters. The van der Waals surface area contributed by atoms with E-state index in [0.717, 1.165) is 27.6 Å². The minimum Gasteiger partial charge on any atom is -0.497 e. The topological polar surface area (TPSA) is 54.4 Å². The van der Waals surface area contributed by atoms with Crippen LogP contribution >= 0.6 is 22.7 Å². The molecule has 0 aliphatic carbocycles. The monoisotopic (exact) mass is 346 g/mol. The van der Waals surface area contributed by atoms with Crippen molar-refractivity contribution in [3.8, 4) is 16.3 Å². The van der Waals surface area contributed by atoms with Gasteiger partial charge in [0.1, 0.15) is 10.8 Å². The molecule has 6 heteroatoms. The highest BCUT2D eigenvalue weighted by Crippen LogP contribution is 2.26. The summed E-state index contributed by atoms with van der Waals surface area (Å²) in [6.07, 6.45) is 0. The summed E-state index contributed by atoms with van der Waals surface area (Å²) in [5, 5.41) is 20.3. The molecule has 0 amide bonds. The van der Waals surface area contributed by atoms with Crippen molar-refractivity contribution in [2.75, 3.05) is 13.7 Å². The van der Waals surface area contributed by atoms with Crippen molar-refractivity contribution in [2.45, 2.75) is 12.6 Å². The van der Waals surface area contributed by atoms with E-state index in [0.29, 0.717) is 6.54 Å². The Morgan fingerprint density at radius 3 is 2.96 bits per heavy atom. The van der Waals surface area contributed by atoms with Gasteiger partial charge in [0.15, 0.2) is 0 Å². The number of ether oxygens (including phenoxy) is 1. The van der Waals surface area contributed by atoms with Gasteiger partial charge >= 0.3 is 0 Å². The van der Waals surface area contributed by atoms with Gasteiger partial charge in [0.05, 0.1) is 25.5 Å². The first kappa shape index (κ1) is 16.1. The van der Waals surface area contributed by atoms with E-state index in [1.807, 2.05) is 24.3 Å². The van der Waals surface area contributed by atoms with Crippen LogP contribution < -0.4 is 10.1 Å². The number of aliphatic hydroxyl groups excluding tert-OH is 1. The van der Waals surface area contributed by atoms with Gasteiger partial charge in [-0.1, -0.05) is 12.1 Å². The zero-order chi connectivity index (χ0) is 16.1. The number of thiazole rings is 1. The first-order chi connectivity index (χ1) is 11.3. The highest BCUT2D eigenvalue weighted by molar-refractivity contribution is 7.14. The predicted octanol–water partition coefficient (Wildman–Crippen LogP) is 3.70. The Hall–Kier alpha value is -1.73. The predicted molar refractivity (Wildman–Crippen MR) is 95.1 cm³/mol. The molecule has 0 saturated carbocycles. The van der Waals surface area contributed by atoms with Crippen LogP contribution in [-0.2, 0) is 6.54 Å². The molecule has 2 heterocycles. The fourth-order valence-corrected chi connectivity index (χ4v) is 3.81. The maximum absolute atomic E-state index is 9.66. The molecule has 0 fully saturated rings. The molecule has 1 unspecified atom stereocenters. The average Bonchev–Trinajstić information content (AvgIpc) is 3.27. The van der Waals surface area contributed by atoms with Crippen LogP contribution in [0.3, 0.4) is 0 Å². The molecule has 1 aromatic carbocycles. The minimum absolute atomic E-state index is 0.0225. The van der Waals surface area contributed by atoms with Crippen LogP contribution in [0.25, 0.3) is 10.6 Å². The van der Waals surface area contributed by atoms with Crippen molar-refractivity contribution in [1.82, 2.24) is 10.3 Å². The summed E-state index contributed by atoms with van der Waals surface area (Å²) in [4.78, 5) is 4.64. The van der Waals surface area contributed by atoms with E-state index in [2.05, 4.69) is 32.5 Å². The summed E-state index contributed by atoms with van der Waals surface area (Å²) >= 11 is 3.31. The van der Waals surface area contributed by atoms with Crippen molar-refractivity contribution in [1.29, 1.82) is 0 Å². The number of rotatable bonds is 7. The maximum Gasteiger partial charge on any atom is 0.124 e. The molecular formula is C17H18N2O2S2. The van der Waals surface area contributed by atoms with Crippen molar-refractivity contribution >= 4 is 22.7 Å². The lowest BCUT2D eigenvalue weighted by molar-refractivity contribution is 0.243. The van der Waals surface area contributed by atoms with E-state index in [-0.39, 0.29) is 12.6 Å². The van der Waals surface area contributed by atoms with Gasteiger partial charge in [-0.05, 0) is 29.1 Å². The van der Waals surface area contributed by atoms with Gasteiger partial charge < -0.3 is 15.2 Å². The molecule has 3 rings (SSSR count). The quantitative estimate of drug-likeness (QED) is 0.685. The lowest BCUT2D eigenvalue weighted by Crippen LogP contribution is -2.24. The van der Waals surface area contributed by atoms with Gasteiger partial charge in [-0.25, -0.2) is 4.98 Å². The molecule has 0 saturated heterocycles. The van der Waals surface area contributed by atoms with E-state index >= 15 is 0 Å². The second-order valence-electron chi connectivity index (χ2n) is 5.05. The Labute approximate surface area is 143 Å². The van der Waals surface area contributed by atoms with Crippen LogP contribution in [0.5, 0.6) is 5.75 Å². The first-order valence-corrected chi connectivity index (χ1v) is 9.07. The van der Waals surface area contributed by atoms with Gasteiger partial charge in [-0.3, -0.25) is 0 Å². The molecule has 0 radical (unpaired) electrons. The van der Waals surface area contributed by atoms with Crippen LogP contribution in [-0.4, -0.2) is 23.8 Å². The summed E-state index contributed by atoms with van der Waals surface area (Å²) in [5.74, 6) is 0.788. The molecule has 0 aliphatic rings. The highest BCUT2D eigenvalue weighted by atomic mass is 32.1. The molecule has 0 aliphatic heterocycles. The molecular weight excluding hydrogens is 328 g/mol. The Balaban J connectivity index is 1.66. The van der Waals surface area contributed by atoms with Crippen LogP contribution in [0, 0.1) is 0 Å². The fraction of sp³-hybridized carbons (Fsp3) is 0.235. The summed E-state index contributed by atoms with van der Waals surface area (Å²) in [5.41, 5.74) is 3.15. The van der Waals surface area contributed by atoms with Crippen molar-refractivity contribution < 1.29 is 9.84 Å². The number of aliphatic hydroxyl groups is 1. The summed E-state index contributed by atoms with van der Waals surface area (Å²) in [6.45, 7) is 0.637.